The minimum absolute atomic E-state index is 0.106. The van der Waals surface area contributed by atoms with Crippen LogP contribution in [0.25, 0.3) is 0 Å². The predicted molar refractivity (Wildman–Crippen MR) is 66.4 cm³/mol. The fourth-order valence-electron chi connectivity index (χ4n) is 2.75. The van der Waals surface area contributed by atoms with Gasteiger partial charge in [-0.25, -0.2) is 4.79 Å². The first-order valence-electron chi connectivity index (χ1n) is 6.67. The van der Waals surface area contributed by atoms with Crippen molar-refractivity contribution in [3.8, 4) is 0 Å². The minimum atomic E-state index is -0.937. The Morgan fingerprint density at radius 2 is 2.26 bits per heavy atom. The van der Waals surface area contributed by atoms with Crippen LogP contribution in [0.3, 0.4) is 0 Å². The molecule has 1 saturated heterocycles. The number of carboxylic acid groups (broad SMARTS) is 1. The first-order valence-corrected chi connectivity index (χ1v) is 6.67. The number of amides is 1. The Bertz CT molecular complexity index is 521. The molecule has 1 saturated carbocycles. The van der Waals surface area contributed by atoms with Crippen molar-refractivity contribution in [2.75, 3.05) is 0 Å². The molecule has 5 nitrogen and oxygen atoms in total. The van der Waals surface area contributed by atoms with Crippen LogP contribution in [-0.4, -0.2) is 27.9 Å². The van der Waals surface area contributed by atoms with E-state index >= 15 is 0 Å². The van der Waals surface area contributed by atoms with E-state index in [1.54, 1.807) is 0 Å². The summed E-state index contributed by atoms with van der Waals surface area (Å²) in [5, 5.41) is 9.09. The van der Waals surface area contributed by atoms with E-state index in [4.69, 9.17) is 9.52 Å². The fraction of sp³-hybridized carbons (Fsp3) is 0.571. The number of likely N-dealkylation sites (tertiary alicyclic amines) is 1. The molecule has 1 N–H and O–H groups in total. The zero-order valence-corrected chi connectivity index (χ0v) is 10.8. The minimum Gasteiger partial charge on any atom is -0.480 e. The Morgan fingerprint density at radius 3 is 2.89 bits per heavy atom. The van der Waals surface area contributed by atoms with Crippen LogP contribution < -0.4 is 0 Å². The maximum Gasteiger partial charge on any atom is 0.326 e. The Kier molecular flexibility index (Phi) is 2.84. The molecule has 3 rings (SSSR count). The highest BCUT2D eigenvalue weighted by Gasteiger charge is 2.38. The highest BCUT2D eigenvalue weighted by Crippen LogP contribution is 2.47. The molecule has 0 bridgehead atoms. The van der Waals surface area contributed by atoms with E-state index < -0.39 is 12.0 Å². The van der Waals surface area contributed by atoms with E-state index in [0.717, 1.165) is 12.2 Å². The molecule has 2 heterocycles. The lowest BCUT2D eigenvalue weighted by atomic mass is 10.2. The van der Waals surface area contributed by atoms with Crippen molar-refractivity contribution in [1.29, 1.82) is 0 Å². The first kappa shape index (κ1) is 12.3. The zero-order valence-electron chi connectivity index (χ0n) is 10.8. The molecule has 1 aliphatic carbocycles. The third kappa shape index (κ3) is 2.25. The van der Waals surface area contributed by atoms with E-state index in [0.29, 0.717) is 30.4 Å². The highest BCUT2D eigenvalue weighted by atomic mass is 16.4. The van der Waals surface area contributed by atoms with Crippen LogP contribution in [0.4, 0.5) is 0 Å². The molecular weight excluding hydrogens is 246 g/mol. The van der Waals surface area contributed by atoms with Crippen molar-refractivity contribution < 1.29 is 19.1 Å². The van der Waals surface area contributed by atoms with Crippen LogP contribution in [0.5, 0.6) is 0 Å². The van der Waals surface area contributed by atoms with Gasteiger partial charge in [0, 0.05) is 12.3 Å². The normalized spacial score (nSPS) is 29.8. The number of furan rings is 1. The molecule has 2 fully saturated rings. The van der Waals surface area contributed by atoms with Gasteiger partial charge < -0.3 is 14.4 Å². The molecule has 0 aromatic carbocycles. The van der Waals surface area contributed by atoms with Crippen molar-refractivity contribution >= 4 is 11.9 Å². The largest absolute Gasteiger partial charge is 0.480 e. The molecule has 0 radical (unpaired) electrons. The topological polar surface area (TPSA) is 70.8 Å². The third-order valence-electron chi connectivity index (χ3n) is 4.10. The van der Waals surface area contributed by atoms with Crippen LogP contribution in [0.1, 0.15) is 43.6 Å². The van der Waals surface area contributed by atoms with E-state index in [1.807, 2.05) is 12.1 Å². The SMILES string of the molecule is CC1CC1c1ccc(CN2C(=O)CCC2C(=O)O)o1. The molecule has 1 aliphatic heterocycles. The van der Waals surface area contributed by atoms with Crippen molar-refractivity contribution in [3.05, 3.63) is 23.7 Å². The molecule has 3 unspecified atom stereocenters. The van der Waals surface area contributed by atoms with Crippen LogP contribution in [0.15, 0.2) is 16.5 Å². The summed E-state index contributed by atoms with van der Waals surface area (Å²) in [6.45, 7) is 2.44. The maximum absolute atomic E-state index is 11.7. The van der Waals surface area contributed by atoms with Crippen LogP contribution in [-0.2, 0) is 16.1 Å². The lowest BCUT2D eigenvalue weighted by Crippen LogP contribution is -2.37. The molecule has 1 aromatic rings. The summed E-state index contributed by atoms with van der Waals surface area (Å²) >= 11 is 0. The summed E-state index contributed by atoms with van der Waals surface area (Å²) in [6.07, 6.45) is 1.85. The van der Waals surface area contributed by atoms with Gasteiger partial charge in [-0.15, -0.1) is 0 Å². The number of carbonyl (C=O) groups is 2. The molecule has 3 atom stereocenters. The van der Waals surface area contributed by atoms with Gasteiger partial charge in [0.2, 0.25) is 5.91 Å². The van der Waals surface area contributed by atoms with Gasteiger partial charge >= 0.3 is 5.97 Å². The quantitative estimate of drug-likeness (QED) is 0.901. The summed E-state index contributed by atoms with van der Waals surface area (Å²) in [6, 6.07) is 3.09. The lowest BCUT2D eigenvalue weighted by molar-refractivity contribution is -0.146. The number of hydrogen-bond donors (Lipinski definition) is 1. The lowest BCUT2D eigenvalue weighted by Gasteiger charge is -2.20. The molecule has 2 aliphatic rings. The fourth-order valence-corrected chi connectivity index (χ4v) is 2.75. The summed E-state index contributed by atoms with van der Waals surface area (Å²) in [5.41, 5.74) is 0. The van der Waals surface area contributed by atoms with Gasteiger partial charge in [0.25, 0.3) is 0 Å². The Balaban J connectivity index is 1.71. The van der Waals surface area contributed by atoms with Gasteiger partial charge in [-0.1, -0.05) is 6.92 Å². The van der Waals surface area contributed by atoms with Crippen LogP contribution in [0.2, 0.25) is 0 Å². The Hall–Kier alpha value is -1.78. The van der Waals surface area contributed by atoms with Gasteiger partial charge in [0.15, 0.2) is 0 Å². The molecule has 19 heavy (non-hydrogen) atoms. The number of aliphatic carboxylic acids is 1. The Morgan fingerprint density at radius 1 is 1.53 bits per heavy atom. The second-order valence-corrected chi connectivity index (χ2v) is 5.54. The second kappa shape index (κ2) is 4.40. The maximum atomic E-state index is 11.7. The number of carboxylic acids is 1. The van der Waals surface area contributed by atoms with Gasteiger partial charge in [0.1, 0.15) is 17.6 Å². The van der Waals surface area contributed by atoms with Crippen LogP contribution in [0, 0.1) is 5.92 Å². The second-order valence-electron chi connectivity index (χ2n) is 5.54. The molecular formula is C14H17NO4. The third-order valence-corrected chi connectivity index (χ3v) is 4.10. The van der Waals surface area contributed by atoms with Crippen molar-refractivity contribution in [2.45, 2.75) is 44.7 Å². The smallest absolute Gasteiger partial charge is 0.326 e. The summed E-state index contributed by atoms with van der Waals surface area (Å²) < 4.78 is 5.73. The van der Waals surface area contributed by atoms with Crippen LogP contribution >= 0.6 is 0 Å². The van der Waals surface area contributed by atoms with E-state index in [1.165, 1.54) is 4.90 Å². The van der Waals surface area contributed by atoms with Gasteiger partial charge in [-0.3, -0.25) is 4.79 Å². The van der Waals surface area contributed by atoms with Crippen molar-refractivity contribution in [1.82, 2.24) is 4.90 Å². The van der Waals surface area contributed by atoms with Gasteiger partial charge in [-0.05, 0) is 30.9 Å². The predicted octanol–water partition coefficient (Wildman–Crippen LogP) is 1.98. The molecule has 102 valence electrons. The van der Waals surface area contributed by atoms with Crippen molar-refractivity contribution in [2.24, 2.45) is 5.92 Å². The molecule has 5 heteroatoms. The average molecular weight is 263 g/mol. The Labute approximate surface area is 111 Å². The molecule has 0 spiro atoms. The van der Waals surface area contributed by atoms with Crippen molar-refractivity contribution in [3.63, 3.8) is 0 Å². The monoisotopic (exact) mass is 263 g/mol. The van der Waals surface area contributed by atoms with E-state index in [2.05, 4.69) is 6.92 Å². The standard InChI is InChI=1S/C14H17NO4/c1-8-6-10(8)12-4-2-9(19-12)7-15-11(14(17)18)3-5-13(15)16/h2,4,8,10-11H,3,5-7H2,1H3,(H,17,18). The number of hydrogen-bond acceptors (Lipinski definition) is 3. The molecule has 1 amide bonds. The van der Waals surface area contributed by atoms with E-state index in [-0.39, 0.29) is 12.5 Å². The number of carbonyl (C=O) groups excluding carboxylic acids is 1. The van der Waals surface area contributed by atoms with Gasteiger partial charge in [-0.2, -0.15) is 0 Å². The molecule has 1 aromatic heterocycles. The average Bonchev–Trinajstić information content (AvgIpc) is 2.76. The van der Waals surface area contributed by atoms with E-state index in [9.17, 15) is 9.59 Å². The highest BCUT2D eigenvalue weighted by molar-refractivity contribution is 5.87. The number of rotatable bonds is 4. The summed E-state index contributed by atoms with van der Waals surface area (Å²) in [5.74, 6) is 1.76. The number of nitrogens with zero attached hydrogens (tertiary/aromatic N) is 1. The first-order chi connectivity index (χ1) is 9.06. The zero-order chi connectivity index (χ0) is 13.6. The summed E-state index contributed by atoms with van der Waals surface area (Å²) in [7, 11) is 0. The summed E-state index contributed by atoms with van der Waals surface area (Å²) in [4.78, 5) is 24.2. The van der Waals surface area contributed by atoms with Gasteiger partial charge in [0.05, 0.1) is 6.54 Å².